The second-order valence-corrected chi connectivity index (χ2v) is 3.57. The molecule has 0 saturated heterocycles. The molecule has 0 aliphatic heterocycles. The Morgan fingerprint density at radius 3 is 2.77 bits per heavy atom. The van der Waals surface area contributed by atoms with Crippen LogP contribution >= 0.6 is 0 Å². The van der Waals surface area contributed by atoms with Gasteiger partial charge in [-0.1, -0.05) is 13.0 Å². The van der Waals surface area contributed by atoms with Crippen LogP contribution in [0.25, 0.3) is 0 Å². The topological polar surface area (TPSA) is 15.3 Å². The van der Waals surface area contributed by atoms with Crippen LogP contribution in [0.5, 0.6) is 0 Å². The fourth-order valence-electron chi connectivity index (χ4n) is 1.30. The summed E-state index contributed by atoms with van der Waals surface area (Å²) in [6.07, 6.45) is 4.48. The monoisotopic (exact) mass is 184 g/mol. The van der Waals surface area contributed by atoms with Crippen molar-refractivity contribution < 1.29 is 0 Å². The highest BCUT2D eigenvalue weighted by Gasteiger charge is 2.05. The van der Waals surface area contributed by atoms with Crippen molar-refractivity contribution in [2.45, 2.75) is 32.7 Å². The quantitative estimate of drug-likeness (QED) is 0.458. The third kappa shape index (κ3) is 6.79. The summed E-state index contributed by atoms with van der Waals surface area (Å²) >= 11 is 0. The van der Waals surface area contributed by atoms with Crippen LogP contribution in [0, 0.1) is 0 Å². The summed E-state index contributed by atoms with van der Waals surface area (Å²) < 4.78 is 0. The standard InChI is InChI=1S/C11H24N2/c1-5-10-13(4)11(3)8-7-9-12-6-2/h5,11-12H,1,6-10H2,2-4H3. The van der Waals surface area contributed by atoms with Crippen LogP contribution in [0.2, 0.25) is 0 Å². The second-order valence-electron chi connectivity index (χ2n) is 3.57. The molecule has 0 aliphatic carbocycles. The van der Waals surface area contributed by atoms with Crippen molar-refractivity contribution in [1.82, 2.24) is 10.2 Å². The van der Waals surface area contributed by atoms with Crippen molar-refractivity contribution >= 4 is 0 Å². The minimum Gasteiger partial charge on any atom is -0.317 e. The molecule has 0 heterocycles. The molecule has 0 aromatic heterocycles. The van der Waals surface area contributed by atoms with Crippen LogP contribution < -0.4 is 5.32 Å². The van der Waals surface area contributed by atoms with Gasteiger partial charge < -0.3 is 10.2 Å². The van der Waals surface area contributed by atoms with E-state index < -0.39 is 0 Å². The van der Waals surface area contributed by atoms with E-state index in [9.17, 15) is 0 Å². The Labute approximate surface area is 83.0 Å². The molecule has 13 heavy (non-hydrogen) atoms. The summed E-state index contributed by atoms with van der Waals surface area (Å²) in [5, 5.41) is 3.34. The maximum atomic E-state index is 3.74. The number of likely N-dealkylation sites (N-methyl/N-ethyl adjacent to an activating group) is 1. The normalized spacial score (nSPS) is 13.2. The largest absolute Gasteiger partial charge is 0.317 e. The first kappa shape index (κ1) is 12.7. The summed E-state index contributed by atoms with van der Waals surface area (Å²) in [7, 11) is 2.15. The zero-order chi connectivity index (χ0) is 10.1. The molecule has 0 aromatic rings. The van der Waals surface area contributed by atoms with Gasteiger partial charge >= 0.3 is 0 Å². The van der Waals surface area contributed by atoms with Gasteiger partial charge in [0, 0.05) is 12.6 Å². The highest BCUT2D eigenvalue weighted by molar-refractivity contribution is 4.74. The summed E-state index contributed by atoms with van der Waals surface area (Å²) in [6.45, 7) is 11.4. The molecule has 0 fully saturated rings. The minimum atomic E-state index is 0.664. The number of hydrogen-bond acceptors (Lipinski definition) is 2. The number of hydrogen-bond donors (Lipinski definition) is 1. The van der Waals surface area contributed by atoms with E-state index in [1.54, 1.807) is 0 Å². The van der Waals surface area contributed by atoms with E-state index in [1.807, 2.05) is 6.08 Å². The first-order valence-corrected chi connectivity index (χ1v) is 5.24. The Balaban J connectivity index is 3.37. The Hall–Kier alpha value is -0.340. The number of nitrogens with one attached hydrogen (secondary N) is 1. The summed E-state index contributed by atoms with van der Waals surface area (Å²) in [4.78, 5) is 2.33. The number of rotatable bonds is 8. The van der Waals surface area contributed by atoms with E-state index >= 15 is 0 Å². The maximum Gasteiger partial charge on any atom is 0.0160 e. The van der Waals surface area contributed by atoms with Crippen molar-refractivity contribution in [3.8, 4) is 0 Å². The van der Waals surface area contributed by atoms with Gasteiger partial charge in [0.1, 0.15) is 0 Å². The molecule has 0 spiro atoms. The van der Waals surface area contributed by atoms with Gasteiger partial charge in [-0.2, -0.15) is 0 Å². The molecule has 1 unspecified atom stereocenters. The SMILES string of the molecule is C=CCN(C)C(C)CCCNCC. The molecular weight excluding hydrogens is 160 g/mol. The van der Waals surface area contributed by atoms with Crippen molar-refractivity contribution in [3.05, 3.63) is 12.7 Å². The van der Waals surface area contributed by atoms with Gasteiger partial charge in [-0.05, 0) is 39.9 Å². The zero-order valence-corrected chi connectivity index (χ0v) is 9.34. The molecule has 1 N–H and O–H groups in total. The maximum absolute atomic E-state index is 3.74. The molecule has 0 bridgehead atoms. The van der Waals surface area contributed by atoms with E-state index in [4.69, 9.17) is 0 Å². The van der Waals surface area contributed by atoms with Crippen LogP contribution in [-0.4, -0.2) is 37.6 Å². The van der Waals surface area contributed by atoms with E-state index in [2.05, 4.69) is 37.7 Å². The smallest absolute Gasteiger partial charge is 0.0160 e. The van der Waals surface area contributed by atoms with Crippen LogP contribution in [0.1, 0.15) is 26.7 Å². The third-order valence-corrected chi connectivity index (χ3v) is 2.39. The summed E-state index contributed by atoms with van der Waals surface area (Å²) in [5.74, 6) is 0. The lowest BCUT2D eigenvalue weighted by molar-refractivity contribution is 0.266. The molecule has 0 amide bonds. The van der Waals surface area contributed by atoms with Crippen molar-refractivity contribution in [2.24, 2.45) is 0 Å². The van der Waals surface area contributed by atoms with Gasteiger partial charge in [-0.3, -0.25) is 0 Å². The Morgan fingerprint density at radius 1 is 1.54 bits per heavy atom. The third-order valence-electron chi connectivity index (χ3n) is 2.39. The van der Waals surface area contributed by atoms with Crippen LogP contribution in [0.4, 0.5) is 0 Å². The molecule has 0 radical (unpaired) electrons. The van der Waals surface area contributed by atoms with Gasteiger partial charge in [0.2, 0.25) is 0 Å². The molecule has 2 heteroatoms. The van der Waals surface area contributed by atoms with E-state index in [1.165, 1.54) is 12.8 Å². The Bertz CT molecular complexity index is 123. The lowest BCUT2D eigenvalue weighted by atomic mass is 10.1. The molecule has 2 nitrogen and oxygen atoms in total. The molecule has 1 atom stereocenters. The molecule has 0 aliphatic rings. The van der Waals surface area contributed by atoms with Crippen LogP contribution in [0.3, 0.4) is 0 Å². The Kier molecular flexibility index (Phi) is 8.05. The minimum absolute atomic E-state index is 0.664. The summed E-state index contributed by atoms with van der Waals surface area (Å²) in [6, 6.07) is 0.664. The van der Waals surface area contributed by atoms with E-state index in [0.717, 1.165) is 19.6 Å². The molecule has 0 rings (SSSR count). The molecule has 78 valence electrons. The van der Waals surface area contributed by atoms with E-state index in [-0.39, 0.29) is 0 Å². The highest BCUT2D eigenvalue weighted by atomic mass is 15.1. The average Bonchev–Trinajstić information content (AvgIpc) is 2.12. The predicted octanol–water partition coefficient (Wildman–Crippen LogP) is 1.88. The number of nitrogens with zero attached hydrogens (tertiary/aromatic N) is 1. The molecule has 0 aromatic carbocycles. The second kappa shape index (κ2) is 8.27. The van der Waals surface area contributed by atoms with Gasteiger partial charge in [-0.25, -0.2) is 0 Å². The van der Waals surface area contributed by atoms with Gasteiger partial charge in [-0.15, -0.1) is 6.58 Å². The lowest BCUT2D eigenvalue weighted by Gasteiger charge is -2.23. The van der Waals surface area contributed by atoms with Crippen molar-refractivity contribution in [2.75, 3.05) is 26.7 Å². The zero-order valence-electron chi connectivity index (χ0n) is 9.34. The van der Waals surface area contributed by atoms with Gasteiger partial charge in [0.05, 0.1) is 0 Å². The average molecular weight is 184 g/mol. The van der Waals surface area contributed by atoms with Crippen LogP contribution in [0.15, 0.2) is 12.7 Å². The highest BCUT2D eigenvalue weighted by Crippen LogP contribution is 2.03. The van der Waals surface area contributed by atoms with Crippen LogP contribution in [-0.2, 0) is 0 Å². The van der Waals surface area contributed by atoms with E-state index in [0.29, 0.717) is 6.04 Å². The van der Waals surface area contributed by atoms with Gasteiger partial charge in [0.15, 0.2) is 0 Å². The fraction of sp³-hybridized carbons (Fsp3) is 0.818. The van der Waals surface area contributed by atoms with Crippen molar-refractivity contribution in [3.63, 3.8) is 0 Å². The van der Waals surface area contributed by atoms with Crippen molar-refractivity contribution in [1.29, 1.82) is 0 Å². The fourth-order valence-corrected chi connectivity index (χ4v) is 1.30. The summed E-state index contributed by atoms with van der Waals surface area (Å²) in [5.41, 5.74) is 0. The Morgan fingerprint density at radius 2 is 2.23 bits per heavy atom. The predicted molar refractivity (Wildman–Crippen MR) is 60.1 cm³/mol. The molecular formula is C11H24N2. The first-order valence-electron chi connectivity index (χ1n) is 5.24. The lowest BCUT2D eigenvalue weighted by Crippen LogP contribution is -2.30. The van der Waals surface area contributed by atoms with Gasteiger partial charge in [0.25, 0.3) is 0 Å². The molecule has 0 saturated carbocycles. The first-order chi connectivity index (χ1) is 6.22.